The number of carbonyl (C=O) groups is 2. The van der Waals surface area contributed by atoms with Crippen molar-refractivity contribution in [1.82, 2.24) is 0 Å². The topological polar surface area (TPSA) is 72.8 Å². The smallest absolute Gasteiger partial charge is 0.306 e. The fourth-order valence-electron chi connectivity index (χ4n) is 12.1. The zero-order valence-corrected chi connectivity index (χ0v) is 54.4. The van der Waals surface area contributed by atoms with E-state index >= 15 is 0 Å². The average Bonchev–Trinajstić information content (AvgIpc) is 3.45. The van der Waals surface area contributed by atoms with Gasteiger partial charge in [-0.1, -0.05) is 418 Å². The molecule has 0 saturated heterocycles. The first kappa shape index (κ1) is 77.9. The van der Waals surface area contributed by atoms with E-state index in [1.807, 2.05) is 0 Å². The quantitative estimate of drug-likeness (QED) is 0.0485. The Bertz CT molecular complexity index is 1120. The SMILES string of the molecule is CCCCCCCCCCCCCCCCCCCCCCCCCCCCCCCCCCCCC(=O)OC(CO)COC(=O)CCCCCCCCCCCCCCCCCCCCCCCCCCCCCCCCC. The summed E-state index contributed by atoms with van der Waals surface area (Å²) < 4.78 is 10.8. The molecule has 0 aromatic heterocycles. The molecule has 1 unspecified atom stereocenters. The van der Waals surface area contributed by atoms with Crippen molar-refractivity contribution in [3.63, 3.8) is 0 Å². The van der Waals surface area contributed by atoms with Gasteiger partial charge in [-0.15, -0.1) is 0 Å². The van der Waals surface area contributed by atoms with Crippen molar-refractivity contribution in [2.45, 2.75) is 450 Å². The minimum Gasteiger partial charge on any atom is -0.462 e. The maximum Gasteiger partial charge on any atom is 0.306 e. The van der Waals surface area contributed by atoms with Crippen LogP contribution in [0.1, 0.15) is 444 Å². The third-order valence-electron chi connectivity index (χ3n) is 17.7. The predicted molar refractivity (Wildman–Crippen MR) is 349 cm³/mol. The van der Waals surface area contributed by atoms with Gasteiger partial charge in [-0.25, -0.2) is 0 Å². The van der Waals surface area contributed by atoms with E-state index in [1.54, 1.807) is 0 Å². The summed E-state index contributed by atoms with van der Waals surface area (Å²) in [6.45, 7) is 4.23. The summed E-state index contributed by atoms with van der Waals surface area (Å²) in [5.74, 6) is -0.557. The van der Waals surface area contributed by atoms with Crippen molar-refractivity contribution in [2.75, 3.05) is 13.2 Å². The van der Waals surface area contributed by atoms with Crippen molar-refractivity contribution in [2.24, 2.45) is 0 Å². The summed E-state index contributed by atoms with van der Waals surface area (Å²) >= 11 is 0. The lowest BCUT2D eigenvalue weighted by molar-refractivity contribution is -0.161. The Morgan fingerprint density at radius 2 is 0.392 bits per heavy atom. The van der Waals surface area contributed by atoms with Crippen molar-refractivity contribution in [1.29, 1.82) is 0 Å². The molecule has 0 aliphatic rings. The zero-order valence-electron chi connectivity index (χ0n) is 54.4. The summed E-state index contributed by atoms with van der Waals surface area (Å²) in [4.78, 5) is 24.7. The Balaban J connectivity index is 3.34. The van der Waals surface area contributed by atoms with Crippen LogP contribution in [0.5, 0.6) is 0 Å². The first-order valence-electron chi connectivity index (χ1n) is 37.1. The summed E-state index contributed by atoms with van der Waals surface area (Å²) in [5, 5.41) is 9.71. The maximum absolute atomic E-state index is 12.4. The maximum atomic E-state index is 12.4. The molecular formula is C74H146O5. The third-order valence-corrected chi connectivity index (χ3v) is 17.7. The second-order valence-electron chi connectivity index (χ2n) is 25.8. The highest BCUT2D eigenvalue weighted by atomic mass is 16.6. The van der Waals surface area contributed by atoms with E-state index in [0.717, 1.165) is 32.1 Å². The highest BCUT2D eigenvalue weighted by molar-refractivity contribution is 5.70. The summed E-state index contributed by atoms with van der Waals surface area (Å²) in [5.41, 5.74) is 0. The lowest BCUT2D eigenvalue weighted by atomic mass is 10.0. The fourth-order valence-corrected chi connectivity index (χ4v) is 12.1. The van der Waals surface area contributed by atoms with Crippen LogP contribution in [-0.2, 0) is 19.1 Å². The molecule has 472 valence electrons. The normalized spacial score (nSPS) is 12.0. The number of hydrogen-bond donors (Lipinski definition) is 1. The monoisotopic (exact) mass is 1120 g/mol. The molecule has 79 heavy (non-hydrogen) atoms. The molecule has 0 spiro atoms. The van der Waals surface area contributed by atoms with Gasteiger partial charge in [0.15, 0.2) is 6.10 Å². The number of unbranched alkanes of at least 4 members (excludes halogenated alkanes) is 63. The van der Waals surface area contributed by atoms with Gasteiger partial charge in [0.25, 0.3) is 0 Å². The molecule has 0 rings (SSSR count). The highest BCUT2D eigenvalue weighted by Crippen LogP contribution is 2.20. The molecule has 0 amide bonds. The summed E-state index contributed by atoms with van der Waals surface area (Å²) in [6, 6.07) is 0. The highest BCUT2D eigenvalue weighted by Gasteiger charge is 2.16. The van der Waals surface area contributed by atoms with Crippen molar-refractivity contribution < 1.29 is 24.2 Å². The number of rotatable bonds is 71. The Hall–Kier alpha value is -1.10. The second-order valence-corrected chi connectivity index (χ2v) is 25.8. The van der Waals surface area contributed by atoms with E-state index in [-0.39, 0.29) is 25.2 Å². The van der Waals surface area contributed by atoms with Crippen LogP contribution in [0.2, 0.25) is 0 Å². The van der Waals surface area contributed by atoms with Crippen LogP contribution < -0.4 is 0 Å². The number of carbonyl (C=O) groups excluding carboxylic acids is 2. The number of ether oxygens (including phenoxy) is 2. The van der Waals surface area contributed by atoms with Gasteiger partial charge >= 0.3 is 11.9 Å². The van der Waals surface area contributed by atoms with Crippen LogP contribution in [0.25, 0.3) is 0 Å². The molecule has 0 fully saturated rings. The fraction of sp³-hybridized carbons (Fsp3) is 0.973. The lowest BCUT2D eigenvalue weighted by Gasteiger charge is -2.15. The molecule has 0 bridgehead atoms. The molecule has 0 aromatic rings. The summed E-state index contributed by atoms with van der Waals surface area (Å²) in [6.07, 6.45) is 90.3. The number of hydrogen-bond acceptors (Lipinski definition) is 5. The predicted octanol–water partition coefficient (Wildman–Crippen LogP) is 25.6. The molecule has 0 aliphatic carbocycles. The van der Waals surface area contributed by atoms with Crippen LogP contribution in [0.3, 0.4) is 0 Å². The van der Waals surface area contributed by atoms with Crippen LogP contribution in [0, 0.1) is 0 Å². The Labute approximate surface area is 497 Å². The van der Waals surface area contributed by atoms with E-state index in [2.05, 4.69) is 13.8 Å². The van der Waals surface area contributed by atoms with E-state index in [9.17, 15) is 14.7 Å². The van der Waals surface area contributed by atoms with Gasteiger partial charge in [-0.05, 0) is 12.8 Å². The molecule has 0 radical (unpaired) electrons. The molecule has 0 aromatic carbocycles. The summed E-state index contributed by atoms with van der Waals surface area (Å²) in [7, 11) is 0. The van der Waals surface area contributed by atoms with Gasteiger partial charge < -0.3 is 14.6 Å². The number of aliphatic hydroxyl groups excluding tert-OH is 1. The van der Waals surface area contributed by atoms with Gasteiger partial charge in [-0.3, -0.25) is 9.59 Å². The van der Waals surface area contributed by atoms with Crippen LogP contribution in [0.15, 0.2) is 0 Å². The van der Waals surface area contributed by atoms with Gasteiger partial charge in [0.05, 0.1) is 6.61 Å². The molecule has 0 saturated carbocycles. The standard InChI is InChI=1S/C74H146O5/c1-3-5-7-9-11-13-15-17-19-21-23-25-27-29-31-33-35-36-37-39-41-43-45-47-49-51-53-55-57-59-61-63-65-67-69-74(77)79-72(70-75)71-78-73(76)68-66-64-62-60-58-56-54-52-50-48-46-44-42-40-38-34-32-30-28-26-24-22-20-18-16-14-12-10-8-6-4-2/h72,75H,3-71H2,1-2H3. The molecule has 1 N–H and O–H groups in total. The molecule has 0 heterocycles. The largest absolute Gasteiger partial charge is 0.462 e. The molecule has 0 aliphatic heterocycles. The Morgan fingerprint density at radius 3 is 0.557 bits per heavy atom. The second kappa shape index (κ2) is 71.2. The minimum absolute atomic E-state index is 0.0552. The molecule has 5 heteroatoms. The van der Waals surface area contributed by atoms with E-state index in [4.69, 9.17) is 9.47 Å². The Kier molecular flexibility index (Phi) is 70.2. The van der Waals surface area contributed by atoms with Gasteiger partial charge in [0.1, 0.15) is 6.61 Å². The average molecular weight is 1120 g/mol. The van der Waals surface area contributed by atoms with E-state index < -0.39 is 6.10 Å². The third kappa shape index (κ3) is 69.3. The van der Waals surface area contributed by atoms with Crippen LogP contribution in [-0.4, -0.2) is 36.4 Å². The first-order valence-corrected chi connectivity index (χ1v) is 37.1. The van der Waals surface area contributed by atoms with Gasteiger partial charge in [-0.2, -0.15) is 0 Å². The van der Waals surface area contributed by atoms with Crippen molar-refractivity contribution >= 4 is 11.9 Å². The van der Waals surface area contributed by atoms with Crippen molar-refractivity contribution in [3.8, 4) is 0 Å². The number of esters is 2. The Morgan fingerprint density at radius 1 is 0.241 bits per heavy atom. The van der Waals surface area contributed by atoms with E-state index in [1.165, 1.54) is 385 Å². The molecule has 5 nitrogen and oxygen atoms in total. The van der Waals surface area contributed by atoms with Crippen molar-refractivity contribution in [3.05, 3.63) is 0 Å². The number of aliphatic hydroxyl groups is 1. The van der Waals surface area contributed by atoms with Crippen LogP contribution in [0.4, 0.5) is 0 Å². The van der Waals surface area contributed by atoms with Gasteiger partial charge in [0, 0.05) is 12.8 Å². The first-order chi connectivity index (χ1) is 39.1. The van der Waals surface area contributed by atoms with Gasteiger partial charge in [0.2, 0.25) is 0 Å². The molecular weight excluding hydrogens is 969 g/mol. The van der Waals surface area contributed by atoms with Crippen LogP contribution >= 0.6 is 0 Å². The minimum atomic E-state index is -0.766. The lowest BCUT2D eigenvalue weighted by Crippen LogP contribution is -2.28. The van der Waals surface area contributed by atoms with E-state index in [0.29, 0.717) is 12.8 Å². The molecule has 1 atom stereocenters. The zero-order chi connectivity index (χ0) is 56.9.